The monoisotopic (exact) mass is 545 g/mol. The van der Waals surface area contributed by atoms with E-state index in [4.69, 9.17) is 16.7 Å². The Labute approximate surface area is 223 Å². The highest BCUT2D eigenvalue weighted by atomic mass is 35.5. The molecule has 38 heavy (non-hydrogen) atoms. The van der Waals surface area contributed by atoms with E-state index in [1.165, 1.54) is 12.1 Å². The molecule has 0 fully saturated rings. The molecule has 10 heteroatoms. The maximum Gasteiger partial charge on any atom is 0.416 e. The lowest BCUT2D eigenvalue weighted by molar-refractivity contribution is -0.138. The molecule has 1 aliphatic carbocycles. The number of rotatable bonds is 9. The second kappa shape index (κ2) is 11.8. The number of carboxylic acids is 1. The first-order valence-electron chi connectivity index (χ1n) is 12.2. The highest BCUT2D eigenvalue weighted by molar-refractivity contribution is 6.30. The van der Waals surface area contributed by atoms with Gasteiger partial charge in [0.2, 0.25) is 5.91 Å². The molecule has 4 N–H and O–H groups in total. The number of carbonyl (C=O) groups is 2. The molecule has 1 atom stereocenters. The molecule has 1 unspecified atom stereocenters. The first-order chi connectivity index (χ1) is 18.1. The average molecular weight is 546 g/mol. The first-order valence-corrected chi connectivity index (χ1v) is 12.6. The molecular weight excluding hydrogens is 519 g/mol. The number of halogens is 4. The second-order valence-corrected chi connectivity index (χ2v) is 9.60. The van der Waals surface area contributed by atoms with Gasteiger partial charge in [-0.15, -0.1) is 0 Å². The van der Waals surface area contributed by atoms with E-state index in [1.54, 1.807) is 12.1 Å². The van der Waals surface area contributed by atoms with Gasteiger partial charge in [-0.05, 0) is 67.2 Å². The van der Waals surface area contributed by atoms with Crippen molar-refractivity contribution in [2.75, 3.05) is 0 Å². The lowest BCUT2D eigenvalue weighted by Gasteiger charge is -2.32. The molecule has 0 radical (unpaired) electrons. The van der Waals surface area contributed by atoms with E-state index in [0.717, 1.165) is 29.1 Å². The van der Waals surface area contributed by atoms with Gasteiger partial charge in [-0.2, -0.15) is 13.2 Å². The topological polar surface area (TPSA) is 90.5 Å². The van der Waals surface area contributed by atoms with Gasteiger partial charge in [0.05, 0.1) is 28.6 Å². The number of alkyl halides is 3. The molecule has 0 saturated heterocycles. The molecule has 2 aliphatic rings. The van der Waals surface area contributed by atoms with Crippen LogP contribution in [0.2, 0.25) is 5.02 Å². The Balaban J connectivity index is 1.52. The maximum absolute atomic E-state index is 13.1. The van der Waals surface area contributed by atoms with Crippen LogP contribution in [0.25, 0.3) is 5.70 Å². The van der Waals surface area contributed by atoms with Crippen LogP contribution in [0.15, 0.2) is 77.8 Å². The quantitative estimate of drug-likeness (QED) is 0.292. The Kier molecular flexibility index (Phi) is 8.46. The normalized spacial score (nSPS) is 17.0. The minimum absolute atomic E-state index is 0.0268. The van der Waals surface area contributed by atoms with Crippen LogP contribution in [0.1, 0.15) is 48.8 Å². The third kappa shape index (κ3) is 6.98. The van der Waals surface area contributed by atoms with Crippen LogP contribution in [0.5, 0.6) is 0 Å². The third-order valence-electron chi connectivity index (χ3n) is 6.34. The molecule has 1 aliphatic heterocycles. The summed E-state index contributed by atoms with van der Waals surface area (Å²) in [5.41, 5.74) is 3.49. The summed E-state index contributed by atoms with van der Waals surface area (Å²) in [6.07, 6.45) is 1.26. The minimum Gasteiger partial charge on any atom is -0.481 e. The predicted octanol–water partition coefficient (Wildman–Crippen LogP) is 5.97. The van der Waals surface area contributed by atoms with E-state index in [1.807, 2.05) is 24.3 Å². The first kappa shape index (κ1) is 27.3. The number of nitrogens with one attached hydrogen (secondary N) is 3. The highest BCUT2D eigenvalue weighted by Crippen LogP contribution is 2.33. The third-order valence-corrected chi connectivity index (χ3v) is 6.58. The standard InChI is InChI=1S/C28H27ClF3N3O3/c29-21-5-3-4-17(14-21)16-33-27(38)19-10-13-22-24(15-19)34-23(6-1-2-7-25(36)37)26(35-22)18-8-11-20(12-9-18)28(30,31)32/h3-5,8-9,11-15,19,34-35H,1-2,6-7,10,16H2,(H,33,38)(H,36,37). The Hall–Kier alpha value is -3.72. The number of carbonyl (C=O) groups excluding carboxylic acids is 1. The van der Waals surface area contributed by atoms with Gasteiger partial charge in [0, 0.05) is 23.7 Å². The van der Waals surface area contributed by atoms with Gasteiger partial charge < -0.3 is 21.1 Å². The van der Waals surface area contributed by atoms with E-state index in [-0.39, 0.29) is 12.3 Å². The smallest absolute Gasteiger partial charge is 0.416 e. The number of allylic oxidation sites excluding steroid dienone is 2. The maximum atomic E-state index is 13.1. The number of unbranched alkanes of at least 4 members (excludes halogenated alkanes) is 1. The van der Waals surface area contributed by atoms with Gasteiger partial charge in [0.25, 0.3) is 0 Å². The molecule has 0 spiro atoms. The summed E-state index contributed by atoms with van der Waals surface area (Å²) in [5.74, 6) is -1.44. The molecule has 1 heterocycles. The Morgan fingerprint density at radius 3 is 2.50 bits per heavy atom. The van der Waals surface area contributed by atoms with Gasteiger partial charge in [-0.3, -0.25) is 9.59 Å². The summed E-state index contributed by atoms with van der Waals surface area (Å²) in [5, 5.41) is 19.1. The van der Waals surface area contributed by atoms with Crippen LogP contribution in [0.3, 0.4) is 0 Å². The zero-order chi connectivity index (χ0) is 27.3. The van der Waals surface area contributed by atoms with Crippen molar-refractivity contribution in [1.29, 1.82) is 0 Å². The summed E-state index contributed by atoms with van der Waals surface area (Å²) in [6.45, 7) is 0.341. The summed E-state index contributed by atoms with van der Waals surface area (Å²) >= 11 is 6.01. The fraction of sp³-hybridized carbons (Fsp3) is 0.286. The van der Waals surface area contributed by atoms with Crippen molar-refractivity contribution >= 4 is 29.2 Å². The van der Waals surface area contributed by atoms with Crippen molar-refractivity contribution in [3.8, 4) is 0 Å². The van der Waals surface area contributed by atoms with Crippen molar-refractivity contribution in [2.45, 2.75) is 44.8 Å². The number of benzene rings is 2. The molecule has 6 nitrogen and oxygen atoms in total. The van der Waals surface area contributed by atoms with Gasteiger partial charge in [-0.25, -0.2) is 0 Å². The van der Waals surface area contributed by atoms with Gasteiger partial charge in [0.1, 0.15) is 0 Å². The van der Waals surface area contributed by atoms with Crippen LogP contribution in [-0.4, -0.2) is 17.0 Å². The molecule has 2 aromatic rings. The second-order valence-electron chi connectivity index (χ2n) is 9.17. The van der Waals surface area contributed by atoms with Crippen LogP contribution in [-0.2, 0) is 22.3 Å². The largest absolute Gasteiger partial charge is 0.481 e. The van der Waals surface area contributed by atoms with Gasteiger partial charge in [0.15, 0.2) is 0 Å². The minimum atomic E-state index is -4.44. The Bertz CT molecular complexity index is 1300. The molecule has 1 amide bonds. The molecule has 4 rings (SSSR count). The molecule has 0 saturated carbocycles. The fourth-order valence-electron chi connectivity index (χ4n) is 4.36. The predicted molar refractivity (Wildman–Crippen MR) is 138 cm³/mol. The molecule has 0 bridgehead atoms. The van der Waals surface area contributed by atoms with E-state index in [9.17, 15) is 22.8 Å². The summed E-state index contributed by atoms with van der Waals surface area (Å²) < 4.78 is 39.2. The summed E-state index contributed by atoms with van der Waals surface area (Å²) in [4.78, 5) is 23.8. The highest BCUT2D eigenvalue weighted by Gasteiger charge is 2.31. The SMILES string of the molecule is O=C(O)CCCCC1=C(c2ccc(C(F)(F)F)cc2)NC2=CCC(C(=O)NCc3cccc(Cl)c3)C=C2N1. The Morgan fingerprint density at radius 1 is 1.05 bits per heavy atom. The van der Waals surface area contributed by atoms with Crippen molar-refractivity contribution in [3.05, 3.63) is 99.5 Å². The summed E-state index contributed by atoms with van der Waals surface area (Å²) in [6, 6.07) is 12.1. The van der Waals surface area contributed by atoms with Crippen LogP contribution < -0.4 is 16.0 Å². The number of amides is 1. The van der Waals surface area contributed by atoms with Crippen molar-refractivity contribution < 1.29 is 27.9 Å². The van der Waals surface area contributed by atoms with E-state index in [0.29, 0.717) is 54.2 Å². The van der Waals surface area contributed by atoms with Crippen LogP contribution in [0.4, 0.5) is 13.2 Å². The molecular formula is C28H27ClF3N3O3. The van der Waals surface area contributed by atoms with E-state index >= 15 is 0 Å². The zero-order valence-electron chi connectivity index (χ0n) is 20.4. The molecule has 2 aromatic carbocycles. The lowest BCUT2D eigenvalue weighted by atomic mass is 9.93. The van der Waals surface area contributed by atoms with Crippen molar-refractivity contribution in [2.24, 2.45) is 5.92 Å². The number of carboxylic acid groups (broad SMARTS) is 1. The van der Waals surface area contributed by atoms with Crippen molar-refractivity contribution in [3.63, 3.8) is 0 Å². The van der Waals surface area contributed by atoms with E-state index < -0.39 is 23.6 Å². The number of hydrogen-bond acceptors (Lipinski definition) is 4. The van der Waals surface area contributed by atoms with Crippen LogP contribution >= 0.6 is 11.6 Å². The average Bonchev–Trinajstić information content (AvgIpc) is 2.88. The van der Waals surface area contributed by atoms with Gasteiger partial charge in [-0.1, -0.05) is 41.9 Å². The van der Waals surface area contributed by atoms with Crippen LogP contribution in [0, 0.1) is 5.92 Å². The van der Waals surface area contributed by atoms with Gasteiger partial charge >= 0.3 is 12.1 Å². The molecule has 0 aromatic heterocycles. The number of hydrogen-bond donors (Lipinski definition) is 4. The fourth-order valence-corrected chi connectivity index (χ4v) is 4.58. The zero-order valence-corrected chi connectivity index (χ0v) is 21.1. The molecule has 200 valence electrons. The summed E-state index contributed by atoms with van der Waals surface area (Å²) in [7, 11) is 0. The van der Waals surface area contributed by atoms with E-state index in [2.05, 4.69) is 16.0 Å². The lowest BCUT2D eigenvalue weighted by Crippen LogP contribution is -2.36. The Morgan fingerprint density at radius 2 is 1.82 bits per heavy atom. The van der Waals surface area contributed by atoms with Crippen molar-refractivity contribution in [1.82, 2.24) is 16.0 Å². The number of aliphatic carboxylic acids is 1. The number of fused-ring (bicyclic) bond motifs is 1.